The van der Waals surface area contributed by atoms with Crippen LogP contribution in [0.2, 0.25) is 0 Å². The molecule has 0 amide bonds. The number of aliphatic hydroxyl groups excluding tert-OH is 7. The molecule has 10 nitrogen and oxygen atoms in total. The molecule has 2 heterocycles. The molecule has 0 spiro atoms. The summed E-state index contributed by atoms with van der Waals surface area (Å²) >= 11 is 0. The van der Waals surface area contributed by atoms with Crippen LogP contribution in [0, 0.1) is 0 Å². The fraction of sp³-hybridized carbons (Fsp3) is 1.00. The van der Waals surface area contributed by atoms with Gasteiger partial charge in [0.15, 0.2) is 12.6 Å². The summed E-state index contributed by atoms with van der Waals surface area (Å²) < 4.78 is 15.3. The minimum atomic E-state index is -1.69. The third-order valence-electron chi connectivity index (χ3n) is 3.94. The topological polar surface area (TPSA) is 169 Å². The van der Waals surface area contributed by atoms with Crippen LogP contribution in [0.1, 0.15) is 6.92 Å². The van der Waals surface area contributed by atoms with Gasteiger partial charge in [-0.05, 0) is 6.92 Å². The van der Waals surface area contributed by atoms with Crippen LogP contribution < -0.4 is 0 Å². The minimum Gasteiger partial charge on any atom is -0.394 e. The Morgan fingerprint density at radius 1 is 0.818 bits per heavy atom. The quantitative estimate of drug-likeness (QED) is 0.269. The highest BCUT2D eigenvalue weighted by Gasteiger charge is 2.49. The van der Waals surface area contributed by atoms with Gasteiger partial charge in [0.05, 0.1) is 12.7 Å². The first-order valence-corrected chi connectivity index (χ1v) is 6.93. The van der Waals surface area contributed by atoms with E-state index in [4.69, 9.17) is 19.3 Å². The zero-order valence-corrected chi connectivity index (χ0v) is 11.8. The van der Waals surface area contributed by atoms with Crippen LogP contribution >= 0.6 is 0 Å². The first-order valence-electron chi connectivity index (χ1n) is 6.93. The summed E-state index contributed by atoms with van der Waals surface area (Å²) in [6, 6.07) is 0. The van der Waals surface area contributed by atoms with Gasteiger partial charge >= 0.3 is 0 Å². The van der Waals surface area contributed by atoms with Gasteiger partial charge in [-0.15, -0.1) is 0 Å². The summed E-state index contributed by atoms with van der Waals surface area (Å²) in [7, 11) is 0. The lowest BCUT2D eigenvalue weighted by Gasteiger charge is -2.44. The van der Waals surface area contributed by atoms with Gasteiger partial charge < -0.3 is 50.0 Å². The average molecular weight is 326 g/mol. The molecule has 2 fully saturated rings. The third-order valence-corrected chi connectivity index (χ3v) is 3.94. The monoisotopic (exact) mass is 326 g/mol. The van der Waals surface area contributed by atoms with E-state index in [1.165, 1.54) is 6.92 Å². The summed E-state index contributed by atoms with van der Waals surface area (Å²) in [6.07, 6.45) is -14.3. The molecule has 130 valence electrons. The van der Waals surface area contributed by atoms with Crippen LogP contribution in [0.15, 0.2) is 0 Å². The van der Waals surface area contributed by atoms with Crippen molar-refractivity contribution in [3.8, 4) is 0 Å². The lowest BCUT2D eigenvalue weighted by Crippen LogP contribution is -2.63. The second-order valence-electron chi connectivity index (χ2n) is 5.51. The number of rotatable bonds is 3. The first-order chi connectivity index (χ1) is 10.3. The molecule has 0 unspecified atom stereocenters. The summed E-state index contributed by atoms with van der Waals surface area (Å²) in [6.45, 7) is 0.823. The standard InChI is InChI=1S/C12H22O10/c1-3-5(14)7(16)9(18)12(20-3)22-10-8(17)6(15)4(2-13)21-11(10)19/h3-19H,2H2,1H3/t3-,4+,5+,6-,7+,8-,9-,10+,11-,12-/m0/s1. The Labute approximate surface area is 126 Å². The fourth-order valence-corrected chi connectivity index (χ4v) is 2.50. The molecule has 0 radical (unpaired) electrons. The zero-order valence-electron chi connectivity index (χ0n) is 11.8. The van der Waals surface area contributed by atoms with E-state index in [2.05, 4.69) is 0 Å². The van der Waals surface area contributed by atoms with Crippen molar-refractivity contribution in [3.63, 3.8) is 0 Å². The molecular formula is C12H22O10. The Kier molecular flexibility index (Phi) is 5.72. The van der Waals surface area contributed by atoms with E-state index in [0.29, 0.717) is 0 Å². The molecule has 2 saturated heterocycles. The maximum atomic E-state index is 9.93. The van der Waals surface area contributed by atoms with E-state index in [1.54, 1.807) is 0 Å². The van der Waals surface area contributed by atoms with Gasteiger partial charge in [-0.1, -0.05) is 0 Å². The van der Waals surface area contributed by atoms with E-state index >= 15 is 0 Å². The van der Waals surface area contributed by atoms with Crippen molar-refractivity contribution in [2.45, 2.75) is 68.3 Å². The van der Waals surface area contributed by atoms with Crippen LogP contribution in [0.4, 0.5) is 0 Å². The molecule has 0 saturated carbocycles. The number of ether oxygens (including phenoxy) is 3. The van der Waals surface area contributed by atoms with Crippen LogP contribution in [0.3, 0.4) is 0 Å². The molecule has 2 rings (SSSR count). The second kappa shape index (κ2) is 7.01. The van der Waals surface area contributed by atoms with Crippen molar-refractivity contribution in [2.24, 2.45) is 0 Å². The summed E-state index contributed by atoms with van der Waals surface area (Å²) in [4.78, 5) is 0. The molecule has 0 aromatic carbocycles. The fourth-order valence-electron chi connectivity index (χ4n) is 2.50. The van der Waals surface area contributed by atoms with Gasteiger partial charge in [-0.25, -0.2) is 0 Å². The first kappa shape index (κ1) is 17.9. The van der Waals surface area contributed by atoms with Crippen LogP contribution in [0.25, 0.3) is 0 Å². The Balaban J connectivity index is 2.06. The van der Waals surface area contributed by atoms with Crippen molar-refractivity contribution in [3.05, 3.63) is 0 Å². The molecule has 2 aliphatic heterocycles. The molecule has 0 aromatic rings. The highest BCUT2D eigenvalue weighted by atomic mass is 16.7. The van der Waals surface area contributed by atoms with Gasteiger partial charge in [0, 0.05) is 0 Å². The van der Waals surface area contributed by atoms with Gasteiger partial charge in [0.2, 0.25) is 0 Å². The van der Waals surface area contributed by atoms with Crippen molar-refractivity contribution >= 4 is 0 Å². The van der Waals surface area contributed by atoms with Crippen molar-refractivity contribution in [1.82, 2.24) is 0 Å². The van der Waals surface area contributed by atoms with Crippen LogP contribution in [-0.2, 0) is 14.2 Å². The maximum absolute atomic E-state index is 9.93. The molecule has 10 heteroatoms. The van der Waals surface area contributed by atoms with E-state index < -0.39 is 68.0 Å². The molecule has 7 N–H and O–H groups in total. The van der Waals surface area contributed by atoms with E-state index in [0.717, 1.165) is 0 Å². The minimum absolute atomic E-state index is 0.619. The SMILES string of the molecule is C[C@@H]1O[C@@H](O[C@@H]2[C@@H](O)[C@@H](O)[C@@H](CO)O[C@@H]2O)[C@@H](O)[C@H](O)[C@@H]1O. The zero-order chi connectivity index (χ0) is 16.6. The smallest absolute Gasteiger partial charge is 0.187 e. The molecule has 2 aliphatic rings. The van der Waals surface area contributed by atoms with Crippen molar-refractivity contribution in [2.75, 3.05) is 6.61 Å². The molecule has 0 aliphatic carbocycles. The summed E-state index contributed by atoms with van der Waals surface area (Å²) in [5, 5.41) is 67.5. The van der Waals surface area contributed by atoms with Crippen LogP contribution in [0.5, 0.6) is 0 Å². The lowest BCUT2D eigenvalue weighted by molar-refractivity contribution is -0.358. The normalized spacial score (nSPS) is 53.5. The number of aliphatic hydroxyl groups is 7. The predicted octanol–water partition coefficient (Wildman–Crippen LogP) is -4.37. The number of hydrogen-bond acceptors (Lipinski definition) is 10. The molecule has 22 heavy (non-hydrogen) atoms. The number of hydrogen-bond donors (Lipinski definition) is 7. The molecule has 0 bridgehead atoms. The van der Waals surface area contributed by atoms with E-state index in [9.17, 15) is 30.6 Å². The van der Waals surface area contributed by atoms with E-state index in [-0.39, 0.29) is 0 Å². The largest absolute Gasteiger partial charge is 0.394 e. The second-order valence-corrected chi connectivity index (χ2v) is 5.51. The lowest BCUT2D eigenvalue weighted by atomic mass is 9.97. The predicted molar refractivity (Wildman–Crippen MR) is 67.2 cm³/mol. The maximum Gasteiger partial charge on any atom is 0.187 e. The van der Waals surface area contributed by atoms with E-state index in [1.807, 2.05) is 0 Å². The Hall–Kier alpha value is -0.400. The molecule has 10 atom stereocenters. The van der Waals surface area contributed by atoms with Gasteiger partial charge in [-0.2, -0.15) is 0 Å². The van der Waals surface area contributed by atoms with Gasteiger partial charge in [0.1, 0.15) is 42.7 Å². The van der Waals surface area contributed by atoms with Gasteiger partial charge in [-0.3, -0.25) is 0 Å². The van der Waals surface area contributed by atoms with Gasteiger partial charge in [0.25, 0.3) is 0 Å². The molecule has 0 aromatic heterocycles. The molecular weight excluding hydrogens is 304 g/mol. The Bertz CT molecular complexity index is 368. The van der Waals surface area contributed by atoms with Crippen molar-refractivity contribution in [1.29, 1.82) is 0 Å². The van der Waals surface area contributed by atoms with Crippen molar-refractivity contribution < 1.29 is 50.0 Å². The highest BCUT2D eigenvalue weighted by molar-refractivity contribution is 4.92. The Morgan fingerprint density at radius 2 is 1.45 bits per heavy atom. The van der Waals surface area contributed by atoms with Crippen LogP contribution in [-0.4, -0.2) is 104 Å². The third kappa shape index (κ3) is 3.26. The summed E-state index contributed by atoms with van der Waals surface area (Å²) in [5.41, 5.74) is 0. The summed E-state index contributed by atoms with van der Waals surface area (Å²) in [5.74, 6) is 0. The average Bonchev–Trinajstić information content (AvgIpc) is 2.49. The highest BCUT2D eigenvalue weighted by Crippen LogP contribution is 2.28. The Morgan fingerprint density at radius 3 is 2.05 bits per heavy atom.